The Labute approximate surface area is 131 Å². The van der Waals surface area contributed by atoms with Gasteiger partial charge in [-0.05, 0) is 62.8 Å². The van der Waals surface area contributed by atoms with Gasteiger partial charge in [0.15, 0.2) is 0 Å². The number of nitrogens with one attached hydrogen (secondary N) is 1. The van der Waals surface area contributed by atoms with E-state index in [4.69, 9.17) is 5.73 Å². The zero-order valence-corrected chi connectivity index (χ0v) is 13.6. The van der Waals surface area contributed by atoms with Gasteiger partial charge in [0, 0.05) is 12.0 Å². The minimum atomic E-state index is 0.254. The molecule has 2 aromatic rings. The number of fused-ring (bicyclic) bond motifs is 1. The lowest BCUT2D eigenvalue weighted by atomic mass is 9.92. The van der Waals surface area contributed by atoms with Gasteiger partial charge in [-0.2, -0.15) is 15.0 Å². The predicted octanol–water partition coefficient (Wildman–Crippen LogP) is 2.91. The summed E-state index contributed by atoms with van der Waals surface area (Å²) in [6.07, 6.45) is 2.30. The van der Waals surface area contributed by atoms with Crippen LogP contribution in [0.15, 0.2) is 12.1 Å². The molecule has 0 saturated carbocycles. The van der Waals surface area contributed by atoms with E-state index in [1.54, 1.807) is 0 Å². The first-order chi connectivity index (χ1) is 10.4. The van der Waals surface area contributed by atoms with Crippen molar-refractivity contribution in [3.05, 3.63) is 40.2 Å². The first-order valence-corrected chi connectivity index (χ1v) is 7.78. The maximum Gasteiger partial charge on any atom is 0.227 e. The van der Waals surface area contributed by atoms with Gasteiger partial charge in [-0.3, -0.25) is 0 Å². The molecule has 0 spiro atoms. The second kappa shape index (κ2) is 5.55. The summed E-state index contributed by atoms with van der Waals surface area (Å²) in [7, 11) is 0. The molecule has 0 aliphatic heterocycles. The van der Waals surface area contributed by atoms with E-state index in [1.165, 1.54) is 22.3 Å². The van der Waals surface area contributed by atoms with Crippen molar-refractivity contribution in [2.45, 2.75) is 52.5 Å². The molecule has 1 heterocycles. The van der Waals surface area contributed by atoms with Gasteiger partial charge < -0.3 is 11.1 Å². The maximum absolute atomic E-state index is 5.70. The fourth-order valence-corrected chi connectivity index (χ4v) is 3.32. The smallest absolute Gasteiger partial charge is 0.227 e. The molecule has 1 aromatic carbocycles. The van der Waals surface area contributed by atoms with Crippen molar-refractivity contribution in [3.63, 3.8) is 0 Å². The van der Waals surface area contributed by atoms with Gasteiger partial charge in [0.05, 0.1) is 0 Å². The average molecular weight is 297 g/mol. The van der Waals surface area contributed by atoms with E-state index >= 15 is 0 Å². The van der Waals surface area contributed by atoms with Crippen LogP contribution >= 0.6 is 0 Å². The van der Waals surface area contributed by atoms with Crippen LogP contribution in [0.1, 0.15) is 47.3 Å². The van der Waals surface area contributed by atoms with Crippen LogP contribution in [0.5, 0.6) is 0 Å². The number of nitrogens with two attached hydrogens (primary N) is 1. The van der Waals surface area contributed by atoms with Crippen LogP contribution in [0.3, 0.4) is 0 Å². The van der Waals surface area contributed by atoms with E-state index in [1.807, 2.05) is 6.92 Å². The molecule has 0 radical (unpaired) electrons. The van der Waals surface area contributed by atoms with Crippen LogP contribution in [-0.4, -0.2) is 21.0 Å². The highest BCUT2D eigenvalue weighted by atomic mass is 15.2. The van der Waals surface area contributed by atoms with Gasteiger partial charge in [-0.15, -0.1) is 0 Å². The minimum Gasteiger partial charge on any atom is -0.368 e. The standard InChI is InChI=1S/C17H23N5/c1-9-7-13-5-6-14(15(13)8-10(9)2)11(3)19-17-21-12(4)20-16(18)22-17/h7-8,11,14H,5-6H2,1-4H3,(H3,18,19,20,21,22)/t11?,14-/m0/s1. The second-order valence-corrected chi connectivity index (χ2v) is 6.28. The number of hydrogen-bond acceptors (Lipinski definition) is 5. The second-order valence-electron chi connectivity index (χ2n) is 6.28. The van der Waals surface area contributed by atoms with Crippen LogP contribution < -0.4 is 11.1 Å². The van der Waals surface area contributed by atoms with Crippen molar-refractivity contribution >= 4 is 11.9 Å². The van der Waals surface area contributed by atoms with Crippen molar-refractivity contribution in [2.75, 3.05) is 11.1 Å². The molecule has 1 unspecified atom stereocenters. The van der Waals surface area contributed by atoms with Gasteiger partial charge in [-0.1, -0.05) is 12.1 Å². The molecule has 5 heteroatoms. The summed E-state index contributed by atoms with van der Waals surface area (Å²) in [5.41, 5.74) is 11.4. The van der Waals surface area contributed by atoms with Gasteiger partial charge >= 0.3 is 0 Å². The summed E-state index contributed by atoms with van der Waals surface area (Å²) in [5, 5.41) is 3.40. The van der Waals surface area contributed by atoms with E-state index in [2.05, 4.69) is 53.2 Å². The Morgan fingerprint density at radius 2 is 1.86 bits per heavy atom. The highest BCUT2D eigenvalue weighted by Gasteiger charge is 2.28. The Morgan fingerprint density at radius 3 is 2.59 bits per heavy atom. The Morgan fingerprint density at radius 1 is 1.14 bits per heavy atom. The number of nitrogens with zero attached hydrogens (tertiary/aromatic N) is 3. The van der Waals surface area contributed by atoms with Gasteiger partial charge in [0.2, 0.25) is 11.9 Å². The van der Waals surface area contributed by atoms with Crippen molar-refractivity contribution in [2.24, 2.45) is 0 Å². The maximum atomic E-state index is 5.70. The largest absolute Gasteiger partial charge is 0.368 e. The Bertz CT molecular complexity index is 690. The van der Waals surface area contributed by atoms with E-state index in [0.29, 0.717) is 17.7 Å². The van der Waals surface area contributed by atoms with Gasteiger partial charge in [0.1, 0.15) is 5.82 Å². The summed E-state index contributed by atoms with van der Waals surface area (Å²) >= 11 is 0. The van der Waals surface area contributed by atoms with Crippen LogP contribution in [0, 0.1) is 20.8 Å². The number of nitrogen functional groups attached to an aromatic ring is 1. The van der Waals surface area contributed by atoms with Gasteiger partial charge in [0.25, 0.3) is 0 Å². The molecule has 0 bridgehead atoms. The van der Waals surface area contributed by atoms with E-state index in [9.17, 15) is 0 Å². The normalized spacial score (nSPS) is 18.1. The lowest BCUT2D eigenvalue weighted by Gasteiger charge is -2.22. The minimum absolute atomic E-state index is 0.254. The highest BCUT2D eigenvalue weighted by Crippen LogP contribution is 2.37. The van der Waals surface area contributed by atoms with Gasteiger partial charge in [-0.25, -0.2) is 0 Å². The molecule has 5 nitrogen and oxygen atoms in total. The van der Waals surface area contributed by atoms with E-state index in [0.717, 1.165) is 12.8 Å². The van der Waals surface area contributed by atoms with Crippen molar-refractivity contribution in [1.82, 2.24) is 15.0 Å². The third-order valence-corrected chi connectivity index (χ3v) is 4.60. The lowest BCUT2D eigenvalue weighted by molar-refractivity contribution is 0.589. The zero-order valence-electron chi connectivity index (χ0n) is 13.6. The molecule has 1 aliphatic rings. The zero-order chi connectivity index (χ0) is 15.9. The molecule has 116 valence electrons. The van der Waals surface area contributed by atoms with E-state index in [-0.39, 0.29) is 12.0 Å². The summed E-state index contributed by atoms with van der Waals surface area (Å²) in [6, 6.07) is 4.93. The monoisotopic (exact) mass is 297 g/mol. The molecule has 22 heavy (non-hydrogen) atoms. The fraction of sp³-hybridized carbons (Fsp3) is 0.471. The van der Waals surface area contributed by atoms with Crippen LogP contribution in [0.25, 0.3) is 0 Å². The summed E-state index contributed by atoms with van der Waals surface area (Å²) in [6.45, 7) is 8.37. The average Bonchev–Trinajstić information content (AvgIpc) is 2.81. The topological polar surface area (TPSA) is 76.7 Å². The number of rotatable bonds is 3. The molecule has 1 aliphatic carbocycles. The SMILES string of the molecule is Cc1nc(N)nc(NC(C)[C@@H]2CCc3cc(C)c(C)cc32)n1. The summed E-state index contributed by atoms with van der Waals surface area (Å²) in [4.78, 5) is 12.5. The molecule has 1 aromatic heterocycles. The molecule has 3 N–H and O–H groups in total. The number of benzene rings is 1. The highest BCUT2D eigenvalue weighted by molar-refractivity contribution is 5.44. The van der Waals surface area contributed by atoms with E-state index < -0.39 is 0 Å². The van der Waals surface area contributed by atoms with Crippen LogP contribution in [-0.2, 0) is 6.42 Å². The number of aromatic nitrogens is 3. The predicted molar refractivity (Wildman–Crippen MR) is 89.0 cm³/mol. The Kier molecular flexibility index (Phi) is 3.72. The molecule has 0 saturated heterocycles. The quantitative estimate of drug-likeness (QED) is 0.911. The first-order valence-electron chi connectivity index (χ1n) is 7.78. The first kappa shape index (κ1) is 14.8. The molecule has 3 rings (SSSR count). The number of anilines is 2. The summed E-state index contributed by atoms with van der Waals surface area (Å²) in [5.74, 6) is 1.95. The number of aryl methyl sites for hydroxylation is 4. The third-order valence-electron chi connectivity index (χ3n) is 4.60. The molecular formula is C17H23N5. The number of hydrogen-bond donors (Lipinski definition) is 2. The third kappa shape index (κ3) is 2.75. The molecule has 2 atom stereocenters. The Balaban J connectivity index is 1.83. The fourth-order valence-electron chi connectivity index (χ4n) is 3.32. The van der Waals surface area contributed by atoms with Crippen molar-refractivity contribution < 1.29 is 0 Å². The van der Waals surface area contributed by atoms with Crippen molar-refractivity contribution in [1.29, 1.82) is 0 Å². The van der Waals surface area contributed by atoms with Crippen LogP contribution in [0.2, 0.25) is 0 Å². The van der Waals surface area contributed by atoms with Crippen molar-refractivity contribution in [3.8, 4) is 0 Å². The lowest BCUT2D eigenvalue weighted by Crippen LogP contribution is -2.24. The Hall–Kier alpha value is -2.17. The summed E-state index contributed by atoms with van der Waals surface area (Å²) < 4.78 is 0. The molecule has 0 amide bonds. The molecule has 0 fully saturated rings. The molecular weight excluding hydrogens is 274 g/mol. The van der Waals surface area contributed by atoms with Crippen LogP contribution in [0.4, 0.5) is 11.9 Å².